The molecule has 1 amide bonds. The Morgan fingerprint density at radius 1 is 1.24 bits per heavy atom. The number of hydrogen-bond acceptors (Lipinski definition) is 4. The number of carbonyl (C=O) groups excluding carboxylic acids is 1. The summed E-state index contributed by atoms with van der Waals surface area (Å²) in [6.07, 6.45) is 1.82. The molecule has 0 aromatic carbocycles. The molecule has 0 saturated carbocycles. The van der Waals surface area contributed by atoms with Crippen LogP contribution < -0.4 is 10.6 Å². The minimum Gasteiger partial charge on any atom is -0.444 e. The van der Waals surface area contributed by atoms with Gasteiger partial charge in [-0.3, -0.25) is 4.99 Å². The lowest BCUT2D eigenvalue weighted by molar-refractivity contribution is 0.0507. The number of ether oxygens (including phenoxy) is 1. The highest BCUT2D eigenvalue weighted by molar-refractivity contribution is 5.80. The van der Waals surface area contributed by atoms with Gasteiger partial charge in [-0.2, -0.15) is 0 Å². The van der Waals surface area contributed by atoms with Crippen LogP contribution in [0.5, 0.6) is 0 Å². The molecule has 2 saturated heterocycles. The summed E-state index contributed by atoms with van der Waals surface area (Å²) < 4.78 is 5.34. The van der Waals surface area contributed by atoms with Crippen molar-refractivity contribution in [3.63, 3.8) is 0 Å². The Bertz CT molecular complexity index is 475. The van der Waals surface area contributed by atoms with Gasteiger partial charge in [0, 0.05) is 33.2 Å². The van der Waals surface area contributed by atoms with Gasteiger partial charge in [-0.15, -0.1) is 0 Å². The molecular formula is C18H35N5O2. The van der Waals surface area contributed by atoms with E-state index in [1.54, 1.807) is 0 Å². The predicted molar refractivity (Wildman–Crippen MR) is 101 cm³/mol. The van der Waals surface area contributed by atoms with E-state index in [9.17, 15) is 4.79 Å². The number of hydrogen-bond donors (Lipinski definition) is 2. The van der Waals surface area contributed by atoms with Crippen molar-refractivity contribution in [2.75, 3.05) is 46.3 Å². The molecule has 7 nitrogen and oxygen atoms in total. The van der Waals surface area contributed by atoms with Gasteiger partial charge < -0.3 is 25.2 Å². The number of likely N-dealkylation sites (tertiary alicyclic amines) is 2. The number of aliphatic imine (C=N–C) groups is 1. The normalized spacial score (nSPS) is 25.3. The van der Waals surface area contributed by atoms with E-state index in [2.05, 4.69) is 32.3 Å². The fraction of sp³-hybridized carbons (Fsp3) is 0.889. The number of carbonyl (C=O) groups is 1. The molecule has 2 unspecified atom stereocenters. The molecular weight excluding hydrogens is 318 g/mol. The van der Waals surface area contributed by atoms with Gasteiger partial charge in [-0.1, -0.05) is 6.92 Å². The van der Waals surface area contributed by atoms with Crippen LogP contribution in [0.3, 0.4) is 0 Å². The summed E-state index contributed by atoms with van der Waals surface area (Å²) in [7, 11) is 1.82. The van der Waals surface area contributed by atoms with Crippen molar-refractivity contribution in [3.8, 4) is 0 Å². The van der Waals surface area contributed by atoms with E-state index in [0.29, 0.717) is 5.92 Å². The smallest absolute Gasteiger partial charge is 0.407 e. The van der Waals surface area contributed by atoms with Crippen LogP contribution in [0.25, 0.3) is 0 Å². The predicted octanol–water partition coefficient (Wildman–Crippen LogP) is 1.50. The highest BCUT2D eigenvalue weighted by atomic mass is 16.6. The average Bonchev–Trinajstić information content (AvgIpc) is 3.15. The van der Waals surface area contributed by atoms with E-state index in [1.165, 1.54) is 19.5 Å². The zero-order valence-electron chi connectivity index (χ0n) is 16.5. The van der Waals surface area contributed by atoms with Gasteiger partial charge in [-0.25, -0.2) is 4.79 Å². The first-order valence-electron chi connectivity index (χ1n) is 9.48. The Morgan fingerprint density at radius 2 is 2.00 bits per heavy atom. The molecule has 0 spiro atoms. The van der Waals surface area contributed by atoms with Crippen LogP contribution in [-0.4, -0.2) is 79.8 Å². The fourth-order valence-electron chi connectivity index (χ4n) is 3.48. The van der Waals surface area contributed by atoms with Crippen molar-refractivity contribution in [2.45, 2.75) is 52.2 Å². The van der Waals surface area contributed by atoms with E-state index >= 15 is 0 Å². The monoisotopic (exact) mass is 353 g/mol. The Labute approximate surface area is 152 Å². The van der Waals surface area contributed by atoms with E-state index in [-0.39, 0.29) is 12.1 Å². The lowest BCUT2D eigenvalue weighted by Gasteiger charge is -2.24. The Kier molecular flexibility index (Phi) is 6.93. The van der Waals surface area contributed by atoms with Crippen molar-refractivity contribution in [3.05, 3.63) is 0 Å². The van der Waals surface area contributed by atoms with Crippen molar-refractivity contribution in [2.24, 2.45) is 10.9 Å². The second-order valence-corrected chi connectivity index (χ2v) is 8.05. The Hall–Kier alpha value is -1.50. The molecule has 2 aliphatic heterocycles. The summed E-state index contributed by atoms with van der Waals surface area (Å²) >= 11 is 0. The molecule has 0 aromatic rings. The molecule has 0 bridgehead atoms. The SMILES string of the molecule is CCN1CCC(CNC(=NC)N2CCC(NC(=O)OC(C)(C)C)C2)C1. The highest BCUT2D eigenvalue weighted by Gasteiger charge is 2.28. The minimum absolute atomic E-state index is 0.107. The second kappa shape index (κ2) is 8.74. The molecule has 144 valence electrons. The summed E-state index contributed by atoms with van der Waals surface area (Å²) in [5.74, 6) is 1.62. The number of amides is 1. The molecule has 7 heteroatoms. The van der Waals surface area contributed by atoms with E-state index in [1.807, 2.05) is 27.8 Å². The molecule has 2 atom stereocenters. The van der Waals surface area contributed by atoms with Crippen molar-refractivity contribution in [1.29, 1.82) is 0 Å². The quantitative estimate of drug-likeness (QED) is 0.592. The number of nitrogens with one attached hydrogen (secondary N) is 2. The van der Waals surface area contributed by atoms with E-state index in [4.69, 9.17) is 4.74 Å². The standard InChI is InChI=1S/C18H35N5O2/c1-6-22-9-7-14(12-22)11-20-16(19-5)23-10-8-15(13-23)21-17(24)25-18(2,3)4/h14-15H,6-13H2,1-5H3,(H,19,20)(H,21,24). The average molecular weight is 354 g/mol. The van der Waals surface area contributed by atoms with Crippen molar-refractivity contribution >= 4 is 12.1 Å². The molecule has 0 radical (unpaired) electrons. The molecule has 0 aromatic heterocycles. The van der Waals surface area contributed by atoms with E-state index < -0.39 is 5.60 Å². The molecule has 25 heavy (non-hydrogen) atoms. The van der Waals surface area contributed by atoms with Gasteiger partial charge in [-0.05, 0) is 52.6 Å². The molecule has 2 rings (SSSR count). The van der Waals surface area contributed by atoms with Gasteiger partial charge in [0.1, 0.15) is 5.60 Å². The number of rotatable bonds is 4. The topological polar surface area (TPSA) is 69.2 Å². The summed E-state index contributed by atoms with van der Waals surface area (Å²) in [5, 5.41) is 6.48. The van der Waals surface area contributed by atoms with Crippen LogP contribution >= 0.6 is 0 Å². The maximum absolute atomic E-state index is 11.9. The molecule has 2 aliphatic rings. The summed E-state index contributed by atoms with van der Waals surface area (Å²) in [6.45, 7) is 14.0. The first kappa shape index (κ1) is 19.8. The molecule has 2 fully saturated rings. The second-order valence-electron chi connectivity index (χ2n) is 8.05. The van der Waals surface area contributed by atoms with Crippen LogP contribution in [0, 0.1) is 5.92 Å². The molecule has 2 N–H and O–H groups in total. The van der Waals surface area contributed by atoms with Gasteiger partial charge in [0.2, 0.25) is 0 Å². The number of guanidine groups is 1. The van der Waals surface area contributed by atoms with Crippen LogP contribution in [-0.2, 0) is 4.74 Å². The molecule has 0 aliphatic carbocycles. The van der Waals surface area contributed by atoms with Gasteiger partial charge in [0.15, 0.2) is 5.96 Å². The van der Waals surface area contributed by atoms with Crippen molar-refractivity contribution in [1.82, 2.24) is 20.4 Å². The maximum Gasteiger partial charge on any atom is 0.407 e. The summed E-state index contributed by atoms with van der Waals surface area (Å²) in [5.41, 5.74) is -0.465. The summed E-state index contributed by atoms with van der Waals surface area (Å²) in [4.78, 5) is 21.0. The third kappa shape index (κ3) is 6.38. The van der Waals surface area contributed by atoms with Gasteiger partial charge >= 0.3 is 6.09 Å². The minimum atomic E-state index is -0.465. The third-order valence-electron chi connectivity index (χ3n) is 4.79. The maximum atomic E-state index is 11.9. The first-order chi connectivity index (χ1) is 11.8. The highest BCUT2D eigenvalue weighted by Crippen LogP contribution is 2.15. The lowest BCUT2D eigenvalue weighted by Crippen LogP contribution is -2.45. The molecule has 2 heterocycles. The van der Waals surface area contributed by atoms with Crippen LogP contribution in [0.2, 0.25) is 0 Å². The van der Waals surface area contributed by atoms with Gasteiger partial charge in [0.05, 0.1) is 6.04 Å². The van der Waals surface area contributed by atoms with E-state index in [0.717, 1.165) is 38.6 Å². The Morgan fingerprint density at radius 3 is 2.60 bits per heavy atom. The van der Waals surface area contributed by atoms with Gasteiger partial charge in [0.25, 0.3) is 0 Å². The zero-order chi connectivity index (χ0) is 18.4. The first-order valence-corrected chi connectivity index (χ1v) is 9.48. The largest absolute Gasteiger partial charge is 0.444 e. The van der Waals surface area contributed by atoms with Crippen LogP contribution in [0.1, 0.15) is 40.5 Å². The Balaban J connectivity index is 1.74. The summed E-state index contributed by atoms with van der Waals surface area (Å²) in [6, 6.07) is 0.107. The fourth-order valence-corrected chi connectivity index (χ4v) is 3.48. The number of alkyl carbamates (subject to hydrolysis) is 1. The van der Waals surface area contributed by atoms with Crippen molar-refractivity contribution < 1.29 is 9.53 Å². The third-order valence-corrected chi connectivity index (χ3v) is 4.79. The van der Waals surface area contributed by atoms with Crippen LogP contribution in [0.4, 0.5) is 4.79 Å². The lowest BCUT2D eigenvalue weighted by atomic mass is 10.1. The number of nitrogens with zero attached hydrogens (tertiary/aromatic N) is 3. The zero-order valence-corrected chi connectivity index (χ0v) is 16.5. The van der Waals surface area contributed by atoms with Crippen LogP contribution in [0.15, 0.2) is 4.99 Å².